The van der Waals surface area contributed by atoms with Crippen LogP contribution >= 0.6 is 15.9 Å². The van der Waals surface area contributed by atoms with E-state index in [1.54, 1.807) is 29.2 Å². The van der Waals surface area contributed by atoms with Crippen LogP contribution in [0.4, 0.5) is 4.39 Å². The summed E-state index contributed by atoms with van der Waals surface area (Å²) in [6.45, 7) is -0.0925. The SMILES string of the molecule is O=C(Cc1cnn(-c2ccccc2)c1)OCc1ccc(Br)cc1F. The Kier molecular flexibility index (Phi) is 5.05. The second-order valence-corrected chi connectivity index (χ2v) is 6.12. The van der Waals surface area contributed by atoms with Crippen molar-refractivity contribution in [3.63, 3.8) is 0 Å². The summed E-state index contributed by atoms with van der Waals surface area (Å²) in [6.07, 6.45) is 3.48. The van der Waals surface area contributed by atoms with Gasteiger partial charge in [0.25, 0.3) is 0 Å². The number of hydrogen-bond donors (Lipinski definition) is 0. The van der Waals surface area contributed by atoms with Gasteiger partial charge < -0.3 is 4.74 Å². The lowest BCUT2D eigenvalue weighted by molar-refractivity contribution is -0.144. The van der Waals surface area contributed by atoms with Crippen molar-refractivity contribution in [3.05, 3.63) is 82.3 Å². The van der Waals surface area contributed by atoms with Crippen LogP contribution in [-0.2, 0) is 22.6 Å². The average Bonchev–Trinajstić information content (AvgIpc) is 3.03. The molecule has 3 rings (SSSR count). The molecule has 0 saturated carbocycles. The van der Waals surface area contributed by atoms with Gasteiger partial charge in [-0.2, -0.15) is 5.10 Å². The van der Waals surface area contributed by atoms with Crippen molar-refractivity contribution in [1.29, 1.82) is 0 Å². The molecule has 122 valence electrons. The molecule has 0 radical (unpaired) electrons. The first kappa shape index (κ1) is 16.4. The topological polar surface area (TPSA) is 44.1 Å². The van der Waals surface area contributed by atoms with Crippen molar-refractivity contribution in [2.24, 2.45) is 0 Å². The largest absolute Gasteiger partial charge is 0.460 e. The molecule has 0 aliphatic heterocycles. The number of carbonyl (C=O) groups is 1. The second kappa shape index (κ2) is 7.40. The Hall–Kier alpha value is -2.47. The van der Waals surface area contributed by atoms with E-state index in [0.29, 0.717) is 10.0 Å². The fourth-order valence-electron chi connectivity index (χ4n) is 2.19. The van der Waals surface area contributed by atoms with E-state index in [1.165, 1.54) is 6.07 Å². The standard InChI is InChI=1S/C18H14BrFN2O2/c19-15-7-6-14(17(20)9-15)12-24-18(23)8-13-10-21-22(11-13)16-4-2-1-3-5-16/h1-7,9-11H,8,12H2. The van der Waals surface area contributed by atoms with Crippen LogP contribution in [0.5, 0.6) is 0 Å². The molecule has 0 aliphatic rings. The van der Waals surface area contributed by atoms with Gasteiger partial charge in [0, 0.05) is 21.8 Å². The Bertz CT molecular complexity index is 849. The van der Waals surface area contributed by atoms with Crippen molar-refractivity contribution in [1.82, 2.24) is 9.78 Å². The van der Waals surface area contributed by atoms with Gasteiger partial charge in [0.2, 0.25) is 0 Å². The number of benzene rings is 2. The Labute approximate surface area is 147 Å². The molecule has 0 bridgehead atoms. The molecule has 1 heterocycles. The molecule has 0 fully saturated rings. The van der Waals surface area contributed by atoms with Gasteiger partial charge in [0.1, 0.15) is 12.4 Å². The highest BCUT2D eigenvalue weighted by Crippen LogP contribution is 2.16. The molecule has 1 aromatic heterocycles. The molecule has 2 aromatic carbocycles. The fourth-order valence-corrected chi connectivity index (χ4v) is 2.52. The highest BCUT2D eigenvalue weighted by Gasteiger charge is 2.10. The lowest BCUT2D eigenvalue weighted by atomic mass is 10.2. The van der Waals surface area contributed by atoms with E-state index >= 15 is 0 Å². The van der Waals surface area contributed by atoms with Crippen LogP contribution in [0, 0.1) is 5.82 Å². The van der Waals surface area contributed by atoms with Gasteiger partial charge in [-0.3, -0.25) is 4.79 Å². The van der Waals surface area contributed by atoms with Gasteiger partial charge in [-0.15, -0.1) is 0 Å². The molecule has 0 saturated heterocycles. The molecule has 6 heteroatoms. The van der Waals surface area contributed by atoms with E-state index in [2.05, 4.69) is 21.0 Å². The van der Waals surface area contributed by atoms with E-state index in [0.717, 1.165) is 11.3 Å². The summed E-state index contributed by atoms with van der Waals surface area (Å²) in [7, 11) is 0. The number of carbonyl (C=O) groups excluding carboxylic acids is 1. The number of nitrogens with zero attached hydrogens (tertiary/aromatic N) is 2. The van der Waals surface area contributed by atoms with E-state index in [9.17, 15) is 9.18 Å². The number of rotatable bonds is 5. The van der Waals surface area contributed by atoms with Gasteiger partial charge >= 0.3 is 5.97 Å². The molecule has 0 atom stereocenters. The normalized spacial score (nSPS) is 10.6. The Morgan fingerprint density at radius 1 is 1.21 bits per heavy atom. The molecule has 4 nitrogen and oxygen atoms in total. The summed E-state index contributed by atoms with van der Waals surface area (Å²) in [5, 5.41) is 4.23. The van der Waals surface area contributed by atoms with Crippen molar-refractivity contribution < 1.29 is 13.9 Å². The molecule has 3 aromatic rings. The summed E-state index contributed by atoms with van der Waals surface area (Å²) in [5.74, 6) is -0.834. The van der Waals surface area contributed by atoms with Crippen molar-refractivity contribution in [2.75, 3.05) is 0 Å². The number of hydrogen-bond acceptors (Lipinski definition) is 3. The molecule has 0 aliphatic carbocycles. The van der Waals surface area contributed by atoms with Crippen LogP contribution in [0.1, 0.15) is 11.1 Å². The van der Waals surface area contributed by atoms with Crippen LogP contribution in [0.15, 0.2) is 65.4 Å². The van der Waals surface area contributed by atoms with Gasteiger partial charge in [-0.05, 0) is 24.3 Å². The minimum absolute atomic E-state index is 0.0883. The van der Waals surface area contributed by atoms with Crippen LogP contribution in [0.25, 0.3) is 5.69 Å². The molecular formula is C18H14BrFN2O2. The van der Waals surface area contributed by atoms with Crippen LogP contribution < -0.4 is 0 Å². The Morgan fingerprint density at radius 3 is 2.75 bits per heavy atom. The van der Waals surface area contributed by atoms with Crippen molar-refractivity contribution in [3.8, 4) is 5.69 Å². The molecule has 0 N–H and O–H groups in total. The monoisotopic (exact) mass is 388 g/mol. The average molecular weight is 389 g/mol. The van der Waals surface area contributed by atoms with E-state index in [4.69, 9.17) is 4.74 Å². The lowest BCUT2D eigenvalue weighted by Gasteiger charge is -2.05. The van der Waals surface area contributed by atoms with E-state index < -0.39 is 11.8 Å². The smallest absolute Gasteiger partial charge is 0.310 e. The first-order valence-electron chi connectivity index (χ1n) is 7.30. The minimum atomic E-state index is -0.426. The summed E-state index contributed by atoms with van der Waals surface area (Å²) >= 11 is 3.19. The molecule has 24 heavy (non-hydrogen) atoms. The predicted octanol–water partition coefficient (Wildman–Crippen LogP) is 4.06. The zero-order valence-corrected chi connectivity index (χ0v) is 14.2. The second-order valence-electron chi connectivity index (χ2n) is 5.20. The third-order valence-electron chi connectivity index (χ3n) is 3.41. The summed E-state index contributed by atoms with van der Waals surface area (Å²) < 4.78 is 21.2. The maximum Gasteiger partial charge on any atom is 0.310 e. The summed E-state index contributed by atoms with van der Waals surface area (Å²) in [5.41, 5.74) is 1.99. The quantitative estimate of drug-likeness (QED) is 0.619. The van der Waals surface area contributed by atoms with E-state index in [1.807, 2.05) is 30.3 Å². The van der Waals surface area contributed by atoms with Crippen molar-refractivity contribution in [2.45, 2.75) is 13.0 Å². The zero-order valence-electron chi connectivity index (χ0n) is 12.7. The third kappa shape index (κ3) is 4.08. The minimum Gasteiger partial charge on any atom is -0.460 e. The first-order chi connectivity index (χ1) is 11.6. The summed E-state index contributed by atoms with van der Waals surface area (Å²) in [4.78, 5) is 11.9. The number of para-hydroxylation sites is 1. The van der Waals surface area contributed by atoms with Crippen molar-refractivity contribution >= 4 is 21.9 Å². The highest BCUT2D eigenvalue weighted by atomic mass is 79.9. The van der Waals surface area contributed by atoms with Crippen LogP contribution in [0.2, 0.25) is 0 Å². The van der Waals surface area contributed by atoms with E-state index in [-0.39, 0.29) is 13.0 Å². The van der Waals surface area contributed by atoms with Gasteiger partial charge in [-0.25, -0.2) is 9.07 Å². The maximum absolute atomic E-state index is 13.7. The molecule has 0 unspecified atom stereocenters. The lowest BCUT2D eigenvalue weighted by Crippen LogP contribution is -2.08. The number of esters is 1. The molecule has 0 spiro atoms. The summed E-state index contributed by atoms with van der Waals surface area (Å²) in [6, 6.07) is 14.2. The predicted molar refractivity (Wildman–Crippen MR) is 91.2 cm³/mol. The first-order valence-corrected chi connectivity index (χ1v) is 8.09. The number of aromatic nitrogens is 2. The van der Waals surface area contributed by atoms with Crippen LogP contribution in [0.3, 0.4) is 0 Å². The Balaban J connectivity index is 1.58. The number of ether oxygens (including phenoxy) is 1. The third-order valence-corrected chi connectivity index (χ3v) is 3.90. The highest BCUT2D eigenvalue weighted by molar-refractivity contribution is 9.10. The maximum atomic E-state index is 13.7. The van der Waals surface area contributed by atoms with Gasteiger partial charge in [0.05, 0.1) is 18.3 Å². The number of halogens is 2. The Morgan fingerprint density at radius 2 is 2.00 bits per heavy atom. The van der Waals surface area contributed by atoms with Gasteiger partial charge in [-0.1, -0.05) is 40.2 Å². The molecular weight excluding hydrogens is 375 g/mol. The molecule has 0 amide bonds. The van der Waals surface area contributed by atoms with Crippen LogP contribution in [-0.4, -0.2) is 15.7 Å². The van der Waals surface area contributed by atoms with Gasteiger partial charge in [0.15, 0.2) is 0 Å². The zero-order chi connectivity index (χ0) is 16.9. The fraction of sp³-hybridized carbons (Fsp3) is 0.111.